The standard InChI is InChI=1S/C12H12N2O2/c13-11-7-14-5-4-12(11)16-10-3-1-2-9(6-10)8-15/h1-7,15H,8,13H2. The quantitative estimate of drug-likeness (QED) is 0.822. The zero-order chi connectivity index (χ0) is 11.4. The predicted octanol–water partition coefficient (Wildman–Crippen LogP) is 1.95. The summed E-state index contributed by atoms with van der Waals surface area (Å²) in [6, 6.07) is 8.90. The Kier molecular flexibility index (Phi) is 3.03. The third-order valence-corrected chi connectivity index (χ3v) is 2.12. The Bertz CT molecular complexity index is 486. The summed E-state index contributed by atoms with van der Waals surface area (Å²) in [5.41, 5.74) is 6.98. The second-order valence-electron chi connectivity index (χ2n) is 3.32. The molecule has 0 saturated carbocycles. The molecular formula is C12H12N2O2. The van der Waals surface area contributed by atoms with Gasteiger partial charge in [0.2, 0.25) is 0 Å². The van der Waals surface area contributed by atoms with Gasteiger partial charge in [-0.25, -0.2) is 0 Å². The lowest BCUT2D eigenvalue weighted by molar-refractivity contribution is 0.281. The van der Waals surface area contributed by atoms with Crippen LogP contribution in [0.15, 0.2) is 42.7 Å². The maximum absolute atomic E-state index is 8.99. The molecule has 2 rings (SSSR count). The number of benzene rings is 1. The fourth-order valence-electron chi connectivity index (χ4n) is 1.32. The normalized spacial score (nSPS) is 10.1. The summed E-state index contributed by atoms with van der Waals surface area (Å²) in [5.74, 6) is 1.20. The third kappa shape index (κ3) is 2.29. The van der Waals surface area contributed by atoms with Gasteiger partial charge < -0.3 is 15.6 Å². The Balaban J connectivity index is 2.24. The van der Waals surface area contributed by atoms with Crippen LogP contribution in [0.2, 0.25) is 0 Å². The van der Waals surface area contributed by atoms with Crippen molar-refractivity contribution in [2.24, 2.45) is 0 Å². The maximum atomic E-state index is 8.99. The number of aromatic nitrogens is 1. The lowest BCUT2D eigenvalue weighted by Gasteiger charge is -2.08. The average Bonchev–Trinajstić information content (AvgIpc) is 2.32. The molecule has 0 fully saturated rings. The molecule has 0 spiro atoms. The van der Waals surface area contributed by atoms with E-state index in [9.17, 15) is 0 Å². The highest BCUT2D eigenvalue weighted by atomic mass is 16.5. The molecule has 0 bridgehead atoms. The number of nitrogen functional groups attached to an aromatic ring is 1. The van der Waals surface area contributed by atoms with Gasteiger partial charge in [-0.1, -0.05) is 12.1 Å². The van der Waals surface area contributed by atoms with Gasteiger partial charge in [0.1, 0.15) is 5.75 Å². The van der Waals surface area contributed by atoms with Crippen LogP contribution in [0, 0.1) is 0 Å². The van der Waals surface area contributed by atoms with Gasteiger partial charge in [0.15, 0.2) is 5.75 Å². The second kappa shape index (κ2) is 4.63. The van der Waals surface area contributed by atoms with Gasteiger partial charge in [-0.3, -0.25) is 4.98 Å². The number of rotatable bonds is 3. The molecule has 4 heteroatoms. The van der Waals surface area contributed by atoms with Crippen LogP contribution >= 0.6 is 0 Å². The van der Waals surface area contributed by atoms with E-state index < -0.39 is 0 Å². The molecule has 4 nitrogen and oxygen atoms in total. The highest BCUT2D eigenvalue weighted by Crippen LogP contribution is 2.26. The van der Waals surface area contributed by atoms with E-state index in [1.54, 1.807) is 24.4 Å². The molecule has 0 radical (unpaired) electrons. The summed E-state index contributed by atoms with van der Waals surface area (Å²) >= 11 is 0. The summed E-state index contributed by atoms with van der Waals surface area (Å²) < 4.78 is 5.58. The van der Waals surface area contributed by atoms with Gasteiger partial charge in [-0.15, -0.1) is 0 Å². The second-order valence-corrected chi connectivity index (χ2v) is 3.32. The number of aliphatic hydroxyl groups is 1. The van der Waals surface area contributed by atoms with E-state index in [0.717, 1.165) is 5.56 Å². The first kappa shape index (κ1) is 10.4. The SMILES string of the molecule is Nc1cnccc1Oc1cccc(CO)c1. The Hall–Kier alpha value is -2.07. The molecule has 0 aliphatic heterocycles. The molecule has 82 valence electrons. The average molecular weight is 216 g/mol. The number of hydrogen-bond acceptors (Lipinski definition) is 4. The predicted molar refractivity (Wildman–Crippen MR) is 61.1 cm³/mol. The van der Waals surface area contributed by atoms with Crippen LogP contribution in [0.3, 0.4) is 0 Å². The molecule has 0 atom stereocenters. The summed E-state index contributed by atoms with van der Waals surface area (Å²) in [5, 5.41) is 8.99. The van der Waals surface area contributed by atoms with E-state index in [2.05, 4.69) is 4.98 Å². The molecule has 0 unspecified atom stereocenters. The van der Waals surface area contributed by atoms with Crippen LogP contribution in [0.25, 0.3) is 0 Å². The van der Waals surface area contributed by atoms with Crippen molar-refractivity contribution in [1.82, 2.24) is 4.98 Å². The minimum absolute atomic E-state index is 0.0109. The molecule has 1 aromatic heterocycles. The fourth-order valence-corrected chi connectivity index (χ4v) is 1.32. The highest BCUT2D eigenvalue weighted by Gasteiger charge is 2.01. The fraction of sp³-hybridized carbons (Fsp3) is 0.0833. The summed E-state index contributed by atoms with van der Waals surface area (Å²) in [4.78, 5) is 3.88. The minimum atomic E-state index is -0.0109. The lowest BCUT2D eigenvalue weighted by Crippen LogP contribution is -1.93. The zero-order valence-electron chi connectivity index (χ0n) is 8.63. The maximum Gasteiger partial charge on any atom is 0.153 e. The first-order valence-corrected chi connectivity index (χ1v) is 4.87. The van der Waals surface area contributed by atoms with E-state index >= 15 is 0 Å². The van der Waals surface area contributed by atoms with Gasteiger partial charge in [-0.05, 0) is 17.7 Å². The van der Waals surface area contributed by atoms with Crippen LogP contribution in [-0.4, -0.2) is 10.1 Å². The monoisotopic (exact) mass is 216 g/mol. The van der Waals surface area contributed by atoms with Crippen molar-refractivity contribution in [3.8, 4) is 11.5 Å². The molecule has 0 amide bonds. The van der Waals surface area contributed by atoms with E-state index in [1.165, 1.54) is 6.20 Å². The molecule has 2 aromatic rings. The van der Waals surface area contributed by atoms with Crippen LogP contribution in [-0.2, 0) is 6.61 Å². The number of nitrogens with two attached hydrogens (primary N) is 1. The number of hydrogen-bond donors (Lipinski definition) is 2. The number of pyridine rings is 1. The molecule has 16 heavy (non-hydrogen) atoms. The third-order valence-electron chi connectivity index (χ3n) is 2.12. The number of anilines is 1. The summed E-state index contributed by atoms with van der Waals surface area (Å²) in [6.07, 6.45) is 3.15. The Labute approximate surface area is 93.3 Å². The van der Waals surface area contributed by atoms with Crippen LogP contribution < -0.4 is 10.5 Å². The highest BCUT2D eigenvalue weighted by molar-refractivity contribution is 5.51. The molecule has 1 heterocycles. The van der Waals surface area contributed by atoms with Crippen molar-refractivity contribution in [3.05, 3.63) is 48.3 Å². The zero-order valence-corrected chi connectivity index (χ0v) is 8.63. The smallest absolute Gasteiger partial charge is 0.153 e. The molecule has 3 N–H and O–H groups in total. The van der Waals surface area contributed by atoms with Crippen molar-refractivity contribution in [3.63, 3.8) is 0 Å². The van der Waals surface area contributed by atoms with Gasteiger partial charge in [0.05, 0.1) is 18.5 Å². The summed E-state index contributed by atoms with van der Waals surface area (Å²) in [6.45, 7) is -0.0109. The van der Waals surface area contributed by atoms with Crippen LogP contribution in [0.4, 0.5) is 5.69 Å². The van der Waals surface area contributed by atoms with Crippen molar-refractivity contribution < 1.29 is 9.84 Å². The Morgan fingerprint density at radius 3 is 2.94 bits per heavy atom. The minimum Gasteiger partial charge on any atom is -0.455 e. The molecule has 0 aliphatic carbocycles. The first-order valence-electron chi connectivity index (χ1n) is 4.87. The largest absolute Gasteiger partial charge is 0.455 e. The van der Waals surface area contributed by atoms with E-state index in [0.29, 0.717) is 17.2 Å². The van der Waals surface area contributed by atoms with E-state index in [-0.39, 0.29) is 6.61 Å². The van der Waals surface area contributed by atoms with Crippen molar-refractivity contribution in [2.45, 2.75) is 6.61 Å². The van der Waals surface area contributed by atoms with Crippen molar-refractivity contribution in [1.29, 1.82) is 0 Å². The topological polar surface area (TPSA) is 68.4 Å². The lowest BCUT2D eigenvalue weighted by atomic mass is 10.2. The van der Waals surface area contributed by atoms with Crippen molar-refractivity contribution in [2.75, 3.05) is 5.73 Å². The number of nitrogens with zero attached hydrogens (tertiary/aromatic N) is 1. The van der Waals surface area contributed by atoms with Crippen LogP contribution in [0.1, 0.15) is 5.56 Å². The van der Waals surface area contributed by atoms with Gasteiger partial charge in [-0.2, -0.15) is 0 Å². The molecular weight excluding hydrogens is 204 g/mol. The summed E-state index contributed by atoms with van der Waals surface area (Å²) in [7, 11) is 0. The Morgan fingerprint density at radius 1 is 1.31 bits per heavy atom. The molecule has 0 aliphatic rings. The van der Waals surface area contributed by atoms with E-state index in [4.69, 9.17) is 15.6 Å². The van der Waals surface area contributed by atoms with Gasteiger partial charge >= 0.3 is 0 Å². The first-order chi connectivity index (χ1) is 7.79. The number of aliphatic hydroxyl groups excluding tert-OH is 1. The van der Waals surface area contributed by atoms with Gasteiger partial charge in [0, 0.05) is 12.3 Å². The van der Waals surface area contributed by atoms with E-state index in [1.807, 2.05) is 12.1 Å². The number of ether oxygens (including phenoxy) is 1. The Morgan fingerprint density at radius 2 is 2.19 bits per heavy atom. The molecule has 0 saturated heterocycles. The molecule has 1 aromatic carbocycles. The van der Waals surface area contributed by atoms with Crippen molar-refractivity contribution >= 4 is 5.69 Å². The van der Waals surface area contributed by atoms with Crippen LogP contribution in [0.5, 0.6) is 11.5 Å². The van der Waals surface area contributed by atoms with Gasteiger partial charge in [0.25, 0.3) is 0 Å².